The zero-order chi connectivity index (χ0) is 20.4. The molecule has 0 atom stereocenters. The van der Waals surface area contributed by atoms with Crippen LogP contribution in [0, 0.1) is 6.92 Å². The van der Waals surface area contributed by atoms with Crippen LogP contribution in [0.15, 0.2) is 58.1 Å². The third-order valence-electron chi connectivity index (χ3n) is 5.66. The number of anilines is 1. The number of aromatic nitrogens is 2. The molecule has 29 heavy (non-hydrogen) atoms. The van der Waals surface area contributed by atoms with E-state index in [0.717, 1.165) is 37.7 Å². The van der Waals surface area contributed by atoms with E-state index in [1.807, 2.05) is 31.2 Å². The molecule has 1 amide bonds. The average molecular weight is 391 g/mol. The Morgan fingerprint density at radius 3 is 2.41 bits per heavy atom. The molecule has 1 aromatic heterocycles. The van der Waals surface area contributed by atoms with Gasteiger partial charge in [0.15, 0.2) is 0 Å². The normalized spacial score (nSPS) is 14.8. The molecule has 4 rings (SSSR count). The lowest BCUT2D eigenvalue weighted by Crippen LogP contribution is -2.44. The Bertz CT molecular complexity index is 1150. The van der Waals surface area contributed by atoms with Crippen molar-refractivity contribution in [1.29, 1.82) is 0 Å². The van der Waals surface area contributed by atoms with Crippen molar-refractivity contribution in [2.45, 2.75) is 51.6 Å². The molecule has 0 saturated heterocycles. The first kappa shape index (κ1) is 19.2. The summed E-state index contributed by atoms with van der Waals surface area (Å²) in [5, 5.41) is 3.31. The third kappa shape index (κ3) is 3.88. The highest BCUT2D eigenvalue weighted by Crippen LogP contribution is 2.26. The van der Waals surface area contributed by atoms with E-state index in [-0.39, 0.29) is 24.1 Å². The first-order chi connectivity index (χ1) is 14.0. The summed E-state index contributed by atoms with van der Waals surface area (Å²) in [5.41, 5.74) is 1.62. The molecule has 0 unspecified atom stereocenters. The SMILES string of the molecule is Cc1ccc(NC(=O)Cn2c(=O)n(C3CCCCC3)c(=O)c3ccccc32)cc1. The predicted octanol–water partition coefficient (Wildman–Crippen LogP) is 3.62. The van der Waals surface area contributed by atoms with E-state index >= 15 is 0 Å². The summed E-state index contributed by atoms with van der Waals surface area (Å²) in [6.07, 6.45) is 4.80. The number of rotatable bonds is 4. The molecule has 1 heterocycles. The van der Waals surface area contributed by atoms with Gasteiger partial charge in [0.25, 0.3) is 5.56 Å². The van der Waals surface area contributed by atoms with Gasteiger partial charge in [-0.3, -0.25) is 18.7 Å². The van der Waals surface area contributed by atoms with Gasteiger partial charge in [0, 0.05) is 11.7 Å². The number of carbonyl (C=O) groups excluding carboxylic acids is 1. The lowest BCUT2D eigenvalue weighted by molar-refractivity contribution is -0.116. The Morgan fingerprint density at radius 2 is 1.69 bits per heavy atom. The topological polar surface area (TPSA) is 73.1 Å². The summed E-state index contributed by atoms with van der Waals surface area (Å²) >= 11 is 0. The minimum Gasteiger partial charge on any atom is -0.325 e. The van der Waals surface area contributed by atoms with Gasteiger partial charge in [-0.25, -0.2) is 4.79 Å². The van der Waals surface area contributed by atoms with Crippen molar-refractivity contribution < 1.29 is 4.79 Å². The summed E-state index contributed by atoms with van der Waals surface area (Å²) in [6, 6.07) is 14.4. The summed E-state index contributed by atoms with van der Waals surface area (Å²) in [5.74, 6) is -0.296. The number of hydrogen-bond acceptors (Lipinski definition) is 3. The number of nitrogens with one attached hydrogen (secondary N) is 1. The Hall–Kier alpha value is -3.15. The van der Waals surface area contributed by atoms with Crippen LogP contribution in [0.2, 0.25) is 0 Å². The number of nitrogens with zero attached hydrogens (tertiary/aromatic N) is 2. The van der Waals surface area contributed by atoms with E-state index in [0.29, 0.717) is 16.6 Å². The highest BCUT2D eigenvalue weighted by atomic mass is 16.2. The second kappa shape index (κ2) is 8.07. The number of fused-ring (bicyclic) bond motifs is 1. The Balaban J connectivity index is 1.74. The van der Waals surface area contributed by atoms with Crippen molar-refractivity contribution in [2.75, 3.05) is 5.32 Å². The standard InChI is InChI=1S/C23H25N3O3/c1-16-11-13-17(14-12-16)24-21(27)15-25-20-10-6-5-9-19(20)22(28)26(23(25)29)18-7-3-2-4-8-18/h5-6,9-14,18H,2-4,7-8,15H2,1H3,(H,24,27). The number of para-hydroxylation sites is 1. The third-order valence-corrected chi connectivity index (χ3v) is 5.66. The van der Waals surface area contributed by atoms with E-state index in [1.165, 1.54) is 9.13 Å². The van der Waals surface area contributed by atoms with Gasteiger partial charge in [-0.2, -0.15) is 0 Å². The quantitative estimate of drug-likeness (QED) is 0.738. The number of benzene rings is 2. The molecule has 1 aliphatic rings. The average Bonchev–Trinajstić information content (AvgIpc) is 2.74. The van der Waals surface area contributed by atoms with Crippen LogP contribution in [-0.4, -0.2) is 15.0 Å². The van der Waals surface area contributed by atoms with Crippen LogP contribution in [0.25, 0.3) is 10.9 Å². The van der Waals surface area contributed by atoms with Gasteiger partial charge >= 0.3 is 5.69 Å². The molecule has 6 nitrogen and oxygen atoms in total. The molecule has 0 spiro atoms. The van der Waals surface area contributed by atoms with Gasteiger partial charge in [0.1, 0.15) is 6.54 Å². The zero-order valence-electron chi connectivity index (χ0n) is 16.6. The number of aryl methyl sites for hydroxylation is 1. The summed E-state index contributed by atoms with van der Waals surface area (Å²) in [7, 11) is 0. The maximum atomic E-state index is 13.3. The molecule has 1 N–H and O–H groups in total. The molecular weight excluding hydrogens is 366 g/mol. The van der Waals surface area contributed by atoms with Crippen molar-refractivity contribution in [1.82, 2.24) is 9.13 Å². The fourth-order valence-electron chi connectivity index (χ4n) is 4.13. The van der Waals surface area contributed by atoms with Crippen LogP contribution < -0.4 is 16.6 Å². The van der Waals surface area contributed by atoms with Crippen molar-refractivity contribution in [3.63, 3.8) is 0 Å². The fraction of sp³-hybridized carbons (Fsp3) is 0.348. The Kier molecular flexibility index (Phi) is 5.34. The fourth-order valence-corrected chi connectivity index (χ4v) is 4.13. The van der Waals surface area contributed by atoms with Gasteiger partial charge in [0.2, 0.25) is 5.91 Å². The lowest BCUT2D eigenvalue weighted by Gasteiger charge is -2.24. The number of hydrogen-bond donors (Lipinski definition) is 1. The smallest absolute Gasteiger partial charge is 0.325 e. The van der Waals surface area contributed by atoms with Gasteiger partial charge in [-0.05, 0) is 44.0 Å². The van der Waals surface area contributed by atoms with Crippen LogP contribution in [0.4, 0.5) is 5.69 Å². The van der Waals surface area contributed by atoms with Gasteiger partial charge in [-0.15, -0.1) is 0 Å². The van der Waals surface area contributed by atoms with Crippen molar-refractivity contribution in [3.8, 4) is 0 Å². The van der Waals surface area contributed by atoms with E-state index in [2.05, 4.69) is 5.32 Å². The van der Waals surface area contributed by atoms with E-state index < -0.39 is 5.69 Å². The molecule has 0 aliphatic heterocycles. The molecule has 1 saturated carbocycles. The van der Waals surface area contributed by atoms with Crippen LogP contribution in [0.5, 0.6) is 0 Å². The van der Waals surface area contributed by atoms with Gasteiger partial charge < -0.3 is 5.32 Å². The van der Waals surface area contributed by atoms with Crippen LogP contribution in [0.3, 0.4) is 0 Å². The van der Waals surface area contributed by atoms with E-state index in [9.17, 15) is 14.4 Å². The van der Waals surface area contributed by atoms with Crippen LogP contribution >= 0.6 is 0 Å². The maximum absolute atomic E-state index is 13.3. The summed E-state index contributed by atoms with van der Waals surface area (Å²) in [4.78, 5) is 39.0. The zero-order valence-corrected chi connectivity index (χ0v) is 16.6. The molecule has 150 valence electrons. The van der Waals surface area contributed by atoms with Gasteiger partial charge in [-0.1, -0.05) is 49.1 Å². The van der Waals surface area contributed by atoms with Gasteiger partial charge in [0.05, 0.1) is 10.9 Å². The van der Waals surface area contributed by atoms with Crippen molar-refractivity contribution >= 4 is 22.5 Å². The monoisotopic (exact) mass is 391 g/mol. The predicted molar refractivity (Wildman–Crippen MR) is 114 cm³/mol. The minimum absolute atomic E-state index is 0.0974. The molecule has 0 bridgehead atoms. The molecule has 6 heteroatoms. The highest BCUT2D eigenvalue weighted by Gasteiger charge is 2.22. The highest BCUT2D eigenvalue weighted by molar-refractivity contribution is 5.91. The second-order valence-electron chi connectivity index (χ2n) is 7.77. The first-order valence-electron chi connectivity index (χ1n) is 10.1. The number of carbonyl (C=O) groups is 1. The summed E-state index contributed by atoms with van der Waals surface area (Å²) in [6.45, 7) is 1.84. The first-order valence-corrected chi connectivity index (χ1v) is 10.1. The largest absolute Gasteiger partial charge is 0.332 e. The Morgan fingerprint density at radius 1 is 1.00 bits per heavy atom. The molecule has 3 aromatic rings. The molecule has 0 radical (unpaired) electrons. The minimum atomic E-state index is -0.403. The molecule has 1 fully saturated rings. The molecular formula is C23H25N3O3. The van der Waals surface area contributed by atoms with Crippen LogP contribution in [0.1, 0.15) is 43.7 Å². The summed E-state index contributed by atoms with van der Waals surface area (Å²) < 4.78 is 2.80. The number of amides is 1. The van der Waals surface area contributed by atoms with Crippen molar-refractivity contribution in [3.05, 3.63) is 74.9 Å². The Labute approximate surface area is 168 Å². The molecule has 2 aromatic carbocycles. The lowest BCUT2D eigenvalue weighted by atomic mass is 9.95. The maximum Gasteiger partial charge on any atom is 0.332 e. The van der Waals surface area contributed by atoms with E-state index in [1.54, 1.807) is 24.3 Å². The molecule has 1 aliphatic carbocycles. The van der Waals surface area contributed by atoms with E-state index in [4.69, 9.17) is 0 Å². The van der Waals surface area contributed by atoms with Crippen molar-refractivity contribution in [2.24, 2.45) is 0 Å². The second-order valence-corrected chi connectivity index (χ2v) is 7.77. The van der Waals surface area contributed by atoms with Crippen LogP contribution in [-0.2, 0) is 11.3 Å².